The number of rotatable bonds is 7. The first kappa shape index (κ1) is 13.6. The summed E-state index contributed by atoms with van der Waals surface area (Å²) in [5, 5.41) is 8.15. The van der Waals surface area contributed by atoms with Crippen molar-refractivity contribution in [2.75, 3.05) is 7.05 Å². The molecule has 1 saturated carbocycles. The van der Waals surface area contributed by atoms with Gasteiger partial charge in [-0.15, -0.1) is 0 Å². The van der Waals surface area contributed by atoms with Gasteiger partial charge in [0.1, 0.15) is 0 Å². The van der Waals surface area contributed by atoms with Gasteiger partial charge in [-0.1, -0.05) is 26.2 Å². The lowest BCUT2D eigenvalue weighted by molar-refractivity contribution is 0.263. The van der Waals surface area contributed by atoms with Crippen LogP contribution in [0.1, 0.15) is 57.7 Å². The number of nitrogens with one attached hydrogen (secondary N) is 1. The van der Waals surface area contributed by atoms with Crippen LogP contribution in [-0.4, -0.2) is 22.9 Å². The first-order valence-electron chi connectivity index (χ1n) is 7.44. The van der Waals surface area contributed by atoms with E-state index in [1.807, 2.05) is 0 Å². The Labute approximate surface area is 111 Å². The third-order valence-corrected chi connectivity index (χ3v) is 4.41. The van der Waals surface area contributed by atoms with Crippen molar-refractivity contribution >= 4 is 0 Å². The largest absolute Gasteiger partial charge is 0.317 e. The average molecular weight is 249 g/mol. The molecule has 1 heterocycles. The van der Waals surface area contributed by atoms with Crippen LogP contribution in [0.4, 0.5) is 0 Å². The molecule has 1 N–H and O–H groups in total. The first-order chi connectivity index (χ1) is 8.72. The molecule has 3 heteroatoms. The smallest absolute Gasteiger partial charge is 0.0640 e. The van der Waals surface area contributed by atoms with E-state index in [0.717, 1.165) is 18.8 Å². The highest BCUT2D eigenvalue weighted by Crippen LogP contribution is 2.30. The van der Waals surface area contributed by atoms with Crippen molar-refractivity contribution in [3.8, 4) is 0 Å². The number of nitrogens with zero attached hydrogens (tertiary/aromatic N) is 2. The van der Waals surface area contributed by atoms with Crippen molar-refractivity contribution in [2.45, 2.75) is 64.5 Å². The number of hydrogen-bond acceptors (Lipinski definition) is 2. The van der Waals surface area contributed by atoms with E-state index in [1.54, 1.807) is 0 Å². The Hall–Kier alpha value is -0.830. The Morgan fingerprint density at radius 1 is 1.50 bits per heavy atom. The summed E-state index contributed by atoms with van der Waals surface area (Å²) in [6, 6.07) is 3.28. The predicted octanol–water partition coefficient (Wildman–Crippen LogP) is 3.17. The summed E-state index contributed by atoms with van der Waals surface area (Å²) in [5.74, 6) is 0.958. The topological polar surface area (TPSA) is 29.9 Å². The summed E-state index contributed by atoms with van der Waals surface area (Å²) in [6.07, 6.45) is 9.93. The number of hydrogen-bond donors (Lipinski definition) is 1. The molecule has 102 valence electrons. The minimum Gasteiger partial charge on any atom is -0.317 e. The number of likely N-dealkylation sites (N-methyl/N-ethyl adjacent to an activating group) is 1. The van der Waals surface area contributed by atoms with E-state index < -0.39 is 0 Å². The Bertz CT molecular complexity index is 354. The van der Waals surface area contributed by atoms with E-state index >= 15 is 0 Å². The summed E-state index contributed by atoms with van der Waals surface area (Å²) in [6.45, 7) is 4.43. The molecular weight excluding hydrogens is 222 g/mol. The second kappa shape index (κ2) is 6.37. The quantitative estimate of drug-likeness (QED) is 0.804. The van der Waals surface area contributed by atoms with Crippen molar-refractivity contribution in [3.05, 3.63) is 18.0 Å². The molecule has 2 unspecified atom stereocenters. The maximum absolute atomic E-state index is 4.70. The summed E-state index contributed by atoms with van der Waals surface area (Å²) in [4.78, 5) is 0. The Morgan fingerprint density at radius 2 is 2.28 bits per heavy atom. The first-order valence-corrected chi connectivity index (χ1v) is 7.44. The molecule has 3 nitrogen and oxygen atoms in total. The third-order valence-electron chi connectivity index (χ3n) is 4.41. The third kappa shape index (κ3) is 3.35. The van der Waals surface area contributed by atoms with Crippen LogP contribution in [-0.2, 0) is 6.42 Å². The van der Waals surface area contributed by atoms with Crippen LogP contribution in [0.25, 0.3) is 0 Å². The molecule has 1 aliphatic carbocycles. The van der Waals surface area contributed by atoms with Crippen molar-refractivity contribution in [3.63, 3.8) is 0 Å². The maximum Gasteiger partial charge on any atom is 0.0640 e. The van der Waals surface area contributed by atoms with Gasteiger partial charge in [0, 0.05) is 24.7 Å². The molecular formula is C15H27N3. The summed E-state index contributed by atoms with van der Waals surface area (Å²) in [7, 11) is 2.08. The zero-order valence-corrected chi connectivity index (χ0v) is 12.0. The van der Waals surface area contributed by atoms with Gasteiger partial charge < -0.3 is 5.32 Å². The highest BCUT2D eigenvalue weighted by atomic mass is 15.3. The van der Waals surface area contributed by atoms with E-state index in [0.29, 0.717) is 12.1 Å². The van der Waals surface area contributed by atoms with Crippen LogP contribution in [0.3, 0.4) is 0 Å². The highest BCUT2D eigenvalue weighted by Gasteiger charge is 2.22. The normalized spacial score (nSPS) is 19.5. The van der Waals surface area contributed by atoms with Crippen molar-refractivity contribution in [1.29, 1.82) is 0 Å². The molecule has 0 bridgehead atoms. The predicted molar refractivity (Wildman–Crippen MR) is 75.7 cm³/mol. The lowest BCUT2D eigenvalue weighted by atomic mass is 9.80. The monoisotopic (exact) mass is 249 g/mol. The fourth-order valence-corrected chi connectivity index (χ4v) is 2.61. The Morgan fingerprint density at radius 3 is 2.83 bits per heavy atom. The van der Waals surface area contributed by atoms with E-state index in [9.17, 15) is 0 Å². The van der Waals surface area contributed by atoms with E-state index in [4.69, 9.17) is 5.10 Å². The molecule has 1 fully saturated rings. The van der Waals surface area contributed by atoms with Crippen LogP contribution < -0.4 is 5.32 Å². The van der Waals surface area contributed by atoms with Gasteiger partial charge in [-0.25, -0.2) is 0 Å². The van der Waals surface area contributed by atoms with Crippen LogP contribution in [0.5, 0.6) is 0 Å². The molecule has 18 heavy (non-hydrogen) atoms. The second-order valence-corrected chi connectivity index (χ2v) is 5.77. The van der Waals surface area contributed by atoms with Gasteiger partial charge in [0.15, 0.2) is 0 Å². The van der Waals surface area contributed by atoms with Crippen LogP contribution in [0.15, 0.2) is 12.3 Å². The molecule has 2 rings (SSSR count). The van der Waals surface area contributed by atoms with Crippen molar-refractivity contribution in [1.82, 2.24) is 15.1 Å². The van der Waals surface area contributed by atoms with Crippen LogP contribution >= 0.6 is 0 Å². The van der Waals surface area contributed by atoms with Gasteiger partial charge in [0.2, 0.25) is 0 Å². The summed E-state index contributed by atoms with van der Waals surface area (Å²) in [5.41, 5.74) is 1.23. The maximum atomic E-state index is 4.70. The zero-order valence-electron chi connectivity index (χ0n) is 12.0. The fourth-order valence-electron chi connectivity index (χ4n) is 2.61. The molecule has 0 aliphatic heterocycles. The van der Waals surface area contributed by atoms with Crippen molar-refractivity contribution in [2.24, 2.45) is 5.92 Å². The molecule has 0 saturated heterocycles. The summed E-state index contributed by atoms with van der Waals surface area (Å²) < 4.78 is 2.10. The molecule has 0 amide bonds. The molecule has 1 aliphatic rings. The van der Waals surface area contributed by atoms with Gasteiger partial charge in [-0.3, -0.25) is 4.68 Å². The summed E-state index contributed by atoms with van der Waals surface area (Å²) >= 11 is 0. The fraction of sp³-hybridized carbons (Fsp3) is 0.800. The molecule has 0 spiro atoms. The van der Waals surface area contributed by atoms with Gasteiger partial charge in [0.25, 0.3) is 0 Å². The Kier molecular flexibility index (Phi) is 4.81. The van der Waals surface area contributed by atoms with E-state index in [2.05, 4.69) is 43.2 Å². The van der Waals surface area contributed by atoms with Gasteiger partial charge in [-0.05, 0) is 38.8 Å². The lowest BCUT2D eigenvalue weighted by Crippen LogP contribution is -2.32. The number of aromatic nitrogens is 2. The zero-order chi connectivity index (χ0) is 13.0. The lowest BCUT2D eigenvalue weighted by Gasteiger charge is -2.29. The second-order valence-electron chi connectivity index (χ2n) is 5.77. The van der Waals surface area contributed by atoms with Crippen LogP contribution in [0, 0.1) is 5.92 Å². The Balaban J connectivity index is 1.87. The van der Waals surface area contributed by atoms with Gasteiger partial charge in [0.05, 0.1) is 5.69 Å². The van der Waals surface area contributed by atoms with E-state index in [-0.39, 0.29) is 0 Å². The highest BCUT2D eigenvalue weighted by molar-refractivity contribution is 5.02. The SMILES string of the molecule is CCC(C)n1ccc(CC(CC2CCC2)NC)n1. The van der Waals surface area contributed by atoms with Crippen LogP contribution in [0.2, 0.25) is 0 Å². The molecule has 1 aromatic heterocycles. The molecule has 0 aromatic carbocycles. The minimum atomic E-state index is 0.512. The standard InChI is InChI=1S/C15H27N3/c1-4-12(2)18-9-8-14(17-18)11-15(16-3)10-13-6-5-7-13/h8-9,12-13,15-16H,4-7,10-11H2,1-3H3. The minimum absolute atomic E-state index is 0.512. The molecule has 2 atom stereocenters. The molecule has 0 radical (unpaired) electrons. The van der Waals surface area contributed by atoms with Gasteiger partial charge in [-0.2, -0.15) is 5.10 Å². The molecule has 1 aromatic rings. The van der Waals surface area contributed by atoms with Crippen molar-refractivity contribution < 1.29 is 0 Å². The average Bonchev–Trinajstić information content (AvgIpc) is 2.79. The van der Waals surface area contributed by atoms with Gasteiger partial charge >= 0.3 is 0 Å². The van der Waals surface area contributed by atoms with E-state index in [1.165, 1.54) is 31.4 Å².